The van der Waals surface area contributed by atoms with Crippen LogP contribution in [-0.4, -0.2) is 36.8 Å². The van der Waals surface area contributed by atoms with E-state index in [4.69, 9.17) is 16.3 Å². The van der Waals surface area contributed by atoms with Gasteiger partial charge in [0.1, 0.15) is 5.75 Å². The van der Waals surface area contributed by atoms with E-state index in [0.29, 0.717) is 42.9 Å². The van der Waals surface area contributed by atoms with E-state index in [-0.39, 0.29) is 17.6 Å². The Morgan fingerprint density at radius 3 is 2.23 bits per heavy atom. The number of rotatable bonds is 5. The summed E-state index contributed by atoms with van der Waals surface area (Å²) in [4.78, 5) is 27.0. The van der Waals surface area contributed by atoms with Gasteiger partial charge in [0.25, 0.3) is 0 Å². The largest absolute Gasteiger partial charge is 0.497 e. The van der Waals surface area contributed by atoms with Crippen molar-refractivity contribution in [2.45, 2.75) is 19.3 Å². The lowest BCUT2D eigenvalue weighted by atomic mass is 9.88. The normalized spacial score (nSPS) is 14.9. The molecule has 1 aliphatic rings. The highest BCUT2D eigenvalue weighted by Crippen LogP contribution is 2.23. The summed E-state index contributed by atoms with van der Waals surface area (Å²) in [5.41, 5.74) is 1.66. The fourth-order valence-corrected chi connectivity index (χ4v) is 3.40. The van der Waals surface area contributed by atoms with Crippen LogP contribution in [0.15, 0.2) is 48.5 Å². The van der Waals surface area contributed by atoms with Crippen molar-refractivity contribution in [3.05, 3.63) is 64.7 Å². The molecule has 2 aromatic rings. The maximum Gasteiger partial charge on any atom is 0.226 e. The molecule has 0 spiro atoms. The Bertz CT molecular complexity index is 763. The average molecular weight is 372 g/mol. The van der Waals surface area contributed by atoms with Crippen LogP contribution in [0.3, 0.4) is 0 Å². The second-order valence-corrected chi connectivity index (χ2v) is 6.99. The molecule has 1 fully saturated rings. The summed E-state index contributed by atoms with van der Waals surface area (Å²) in [5, 5.41) is 0.666. The van der Waals surface area contributed by atoms with E-state index in [9.17, 15) is 9.59 Å². The van der Waals surface area contributed by atoms with E-state index in [1.807, 2.05) is 17.0 Å². The van der Waals surface area contributed by atoms with Crippen LogP contribution in [-0.2, 0) is 11.2 Å². The highest BCUT2D eigenvalue weighted by atomic mass is 35.5. The third-order valence-corrected chi connectivity index (χ3v) is 5.11. The van der Waals surface area contributed by atoms with Gasteiger partial charge in [-0.25, -0.2) is 0 Å². The number of hydrogen-bond acceptors (Lipinski definition) is 3. The molecule has 0 N–H and O–H groups in total. The maximum atomic E-state index is 12.6. The Balaban J connectivity index is 1.53. The van der Waals surface area contributed by atoms with Crippen molar-refractivity contribution in [1.29, 1.82) is 0 Å². The summed E-state index contributed by atoms with van der Waals surface area (Å²) in [7, 11) is 1.60. The van der Waals surface area contributed by atoms with Crippen LogP contribution in [0.1, 0.15) is 28.8 Å². The van der Waals surface area contributed by atoms with Gasteiger partial charge in [0.15, 0.2) is 5.78 Å². The second kappa shape index (κ2) is 8.37. The summed E-state index contributed by atoms with van der Waals surface area (Å²) < 4.78 is 5.13. The van der Waals surface area contributed by atoms with Crippen LogP contribution in [0.25, 0.3) is 0 Å². The number of benzene rings is 2. The SMILES string of the molecule is COc1ccc(C(=O)C2CCN(C(=O)Cc3ccc(Cl)cc3)CC2)cc1. The quantitative estimate of drug-likeness (QED) is 0.746. The third-order valence-electron chi connectivity index (χ3n) is 4.86. The lowest BCUT2D eigenvalue weighted by Gasteiger charge is -2.31. The molecule has 4 nitrogen and oxygen atoms in total. The van der Waals surface area contributed by atoms with Crippen LogP contribution in [0.5, 0.6) is 5.75 Å². The highest BCUT2D eigenvalue weighted by molar-refractivity contribution is 6.30. The van der Waals surface area contributed by atoms with Gasteiger partial charge in [0.05, 0.1) is 13.5 Å². The Kier molecular flexibility index (Phi) is 5.94. The zero-order valence-electron chi connectivity index (χ0n) is 14.8. The second-order valence-electron chi connectivity index (χ2n) is 6.55. The topological polar surface area (TPSA) is 46.6 Å². The molecule has 1 heterocycles. The van der Waals surface area contributed by atoms with E-state index >= 15 is 0 Å². The number of ketones is 1. The number of ether oxygens (including phenoxy) is 1. The average Bonchev–Trinajstić information content (AvgIpc) is 2.69. The van der Waals surface area contributed by atoms with Gasteiger partial charge in [0, 0.05) is 29.6 Å². The molecule has 0 radical (unpaired) electrons. The van der Waals surface area contributed by atoms with Gasteiger partial charge in [-0.3, -0.25) is 9.59 Å². The molecule has 0 aliphatic carbocycles. The van der Waals surface area contributed by atoms with Gasteiger partial charge in [-0.05, 0) is 54.8 Å². The van der Waals surface area contributed by atoms with Crippen molar-refractivity contribution >= 4 is 23.3 Å². The van der Waals surface area contributed by atoms with Crippen LogP contribution in [0.4, 0.5) is 0 Å². The van der Waals surface area contributed by atoms with Gasteiger partial charge in [0.2, 0.25) is 5.91 Å². The first-order chi connectivity index (χ1) is 12.6. The smallest absolute Gasteiger partial charge is 0.226 e. The van der Waals surface area contributed by atoms with Crippen LogP contribution < -0.4 is 4.74 Å². The number of carbonyl (C=O) groups excluding carboxylic acids is 2. The number of nitrogens with zero attached hydrogens (tertiary/aromatic N) is 1. The Hall–Kier alpha value is -2.33. The molecule has 1 saturated heterocycles. The molecule has 136 valence electrons. The first kappa shape index (κ1) is 18.5. The molecular weight excluding hydrogens is 350 g/mol. The van der Waals surface area contributed by atoms with Crippen molar-refractivity contribution in [1.82, 2.24) is 4.90 Å². The van der Waals surface area contributed by atoms with Crippen molar-refractivity contribution in [2.24, 2.45) is 5.92 Å². The molecule has 0 aromatic heterocycles. The predicted octanol–water partition coefficient (Wildman–Crippen LogP) is 4.01. The van der Waals surface area contributed by atoms with Gasteiger partial charge in [-0.1, -0.05) is 23.7 Å². The molecule has 0 unspecified atom stereocenters. The van der Waals surface area contributed by atoms with Crippen molar-refractivity contribution in [3.63, 3.8) is 0 Å². The summed E-state index contributed by atoms with van der Waals surface area (Å²) in [6.07, 6.45) is 1.78. The number of amides is 1. The molecule has 3 rings (SSSR count). The number of likely N-dealkylation sites (tertiary alicyclic amines) is 1. The minimum absolute atomic E-state index is 0.0250. The minimum atomic E-state index is -0.0250. The van der Waals surface area contributed by atoms with Gasteiger partial charge in [-0.2, -0.15) is 0 Å². The van der Waals surface area contributed by atoms with Gasteiger partial charge < -0.3 is 9.64 Å². The number of piperidine rings is 1. The molecule has 5 heteroatoms. The molecule has 1 aliphatic heterocycles. The Morgan fingerprint density at radius 2 is 1.65 bits per heavy atom. The summed E-state index contributed by atoms with van der Waals surface area (Å²) in [5.74, 6) is 0.965. The molecule has 26 heavy (non-hydrogen) atoms. The fourth-order valence-electron chi connectivity index (χ4n) is 3.27. The van der Waals surface area contributed by atoms with Crippen LogP contribution in [0, 0.1) is 5.92 Å². The van der Waals surface area contributed by atoms with Crippen LogP contribution in [0.2, 0.25) is 5.02 Å². The molecule has 0 saturated carbocycles. The van der Waals surface area contributed by atoms with E-state index in [1.165, 1.54) is 0 Å². The van der Waals surface area contributed by atoms with Gasteiger partial charge in [-0.15, -0.1) is 0 Å². The minimum Gasteiger partial charge on any atom is -0.497 e. The zero-order chi connectivity index (χ0) is 18.5. The van der Waals surface area contributed by atoms with E-state index in [0.717, 1.165) is 11.3 Å². The Morgan fingerprint density at radius 1 is 1.04 bits per heavy atom. The summed E-state index contributed by atoms with van der Waals surface area (Å²) in [6, 6.07) is 14.6. The number of halogens is 1. The number of methoxy groups -OCH3 is 1. The summed E-state index contributed by atoms with van der Waals surface area (Å²) in [6.45, 7) is 1.25. The first-order valence-electron chi connectivity index (χ1n) is 8.77. The predicted molar refractivity (Wildman–Crippen MR) is 102 cm³/mol. The first-order valence-corrected chi connectivity index (χ1v) is 9.15. The van der Waals surface area contributed by atoms with E-state index in [2.05, 4.69) is 0 Å². The number of hydrogen-bond donors (Lipinski definition) is 0. The Labute approximate surface area is 158 Å². The lowest BCUT2D eigenvalue weighted by molar-refractivity contribution is -0.131. The molecule has 0 bridgehead atoms. The highest BCUT2D eigenvalue weighted by Gasteiger charge is 2.27. The monoisotopic (exact) mass is 371 g/mol. The summed E-state index contributed by atoms with van der Waals surface area (Å²) >= 11 is 5.88. The standard InChI is InChI=1S/C21H22ClNO3/c1-26-19-8-4-16(5-9-19)21(25)17-10-12-23(13-11-17)20(24)14-15-2-6-18(22)7-3-15/h2-9,17H,10-14H2,1H3. The van der Waals surface area contributed by atoms with Crippen molar-refractivity contribution < 1.29 is 14.3 Å². The van der Waals surface area contributed by atoms with Gasteiger partial charge >= 0.3 is 0 Å². The lowest BCUT2D eigenvalue weighted by Crippen LogP contribution is -2.41. The third kappa shape index (κ3) is 4.44. The number of Topliss-reactive ketones (excluding diaryl/α,β-unsaturated/α-hetero) is 1. The van der Waals surface area contributed by atoms with Crippen LogP contribution >= 0.6 is 11.6 Å². The molecular formula is C21H22ClNO3. The van der Waals surface area contributed by atoms with Crippen molar-refractivity contribution in [3.8, 4) is 5.75 Å². The molecule has 0 atom stereocenters. The van der Waals surface area contributed by atoms with Crippen molar-refractivity contribution in [2.75, 3.05) is 20.2 Å². The van der Waals surface area contributed by atoms with E-state index < -0.39 is 0 Å². The maximum absolute atomic E-state index is 12.6. The van der Waals surface area contributed by atoms with E-state index in [1.54, 1.807) is 43.5 Å². The molecule has 1 amide bonds. The molecule has 2 aromatic carbocycles. The fraction of sp³-hybridized carbons (Fsp3) is 0.333. The zero-order valence-corrected chi connectivity index (χ0v) is 15.5. The number of carbonyl (C=O) groups is 2.